The van der Waals surface area contributed by atoms with Crippen molar-refractivity contribution < 1.29 is 14.6 Å². The van der Waals surface area contributed by atoms with E-state index in [0.29, 0.717) is 5.75 Å². The van der Waals surface area contributed by atoms with Gasteiger partial charge in [-0.05, 0) is 32.4 Å². The quantitative estimate of drug-likeness (QED) is 0.882. The molecule has 0 aliphatic carbocycles. The maximum atomic E-state index is 10.8. The van der Waals surface area contributed by atoms with Gasteiger partial charge in [-0.1, -0.05) is 18.2 Å². The number of likely N-dealkylation sites (tertiary alicyclic amines) is 1. The second-order valence-corrected chi connectivity index (χ2v) is 6.27. The van der Waals surface area contributed by atoms with Gasteiger partial charge < -0.3 is 14.4 Å². The smallest absolute Gasteiger partial charge is 0.341 e. The molecule has 3 rings (SSSR count). The topological polar surface area (TPSA) is 67.6 Å². The average Bonchev–Trinajstić information content (AvgIpc) is 3.12. The van der Waals surface area contributed by atoms with Crippen molar-refractivity contribution in [3.63, 3.8) is 0 Å². The Morgan fingerprint density at radius 2 is 2.21 bits per heavy atom. The van der Waals surface area contributed by atoms with Crippen LogP contribution in [0.1, 0.15) is 36.0 Å². The molecule has 2 heterocycles. The van der Waals surface area contributed by atoms with Gasteiger partial charge in [0.25, 0.3) is 0 Å². The Bertz CT molecular complexity index is 726. The van der Waals surface area contributed by atoms with Gasteiger partial charge in [-0.2, -0.15) is 0 Å². The maximum absolute atomic E-state index is 10.8. The van der Waals surface area contributed by atoms with Crippen molar-refractivity contribution in [3.8, 4) is 5.75 Å². The number of imidazole rings is 1. The molecule has 1 aromatic heterocycles. The number of aryl methyl sites for hydroxylation is 2. The van der Waals surface area contributed by atoms with E-state index in [0.717, 1.165) is 43.0 Å². The Hall–Kier alpha value is -2.34. The van der Waals surface area contributed by atoms with Crippen LogP contribution in [0.5, 0.6) is 5.75 Å². The third-order valence-corrected chi connectivity index (χ3v) is 4.39. The molecule has 24 heavy (non-hydrogen) atoms. The first kappa shape index (κ1) is 16.5. The molecular formula is C18H23N3O3. The second-order valence-electron chi connectivity index (χ2n) is 6.27. The summed E-state index contributed by atoms with van der Waals surface area (Å²) in [6.45, 7) is 3.42. The molecular weight excluding hydrogens is 306 g/mol. The summed E-state index contributed by atoms with van der Waals surface area (Å²) >= 11 is 0. The monoisotopic (exact) mass is 329 g/mol. The molecule has 0 bridgehead atoms. The number of nitrogens with zero attached hydrogens (tertiary/aromatic N) is 3. The van der Waals surface area contributed by atoms with E-state index in [9.17, 15) is 4.79 Å². The van der Waals surface area contributed by atoms with Gasteiger partial charge in [-0.15, -0.1) is 0 Å². The van der Waals surface area contributed by atoms with Gasteiger partial charge in [-0.25, -0.2) is 9.78 Å². The number of rotatable bonds is 6. The van der Waals surface area contributed by atoms with E-state index in [1.807, 2.05) is 38.2 Å². The number of aliphatic carboxylic acids is 1. The van der Waals surface area contributed by atoms with E-state index in [1.54, 1.807) is 0 Å². The van der Waals surface area contributed by atoms with Gasteiger partial charge in [0.15, 0.2) is 6.61 Å². The summed E-state index contributed by atoms with van der Waals surface area (Å²) in [4.78, 5) is 17.8. The predicted octanol–water partition coefficient (Wildman–Crippen LogP) is 2.53. The molecule has 2 aromatic rings. The number of aromatic nitrogens is 2. The van der Waals surface area contributed by atoms with E-state index in [4.69, 9.17) is 9.84 Å². The van der Waals surface area contributed by atoms with Crippen LogP contribution in [0.15, 0.2) is 30.5 Å². The highest BCUT2D eigenvalue weighted by molar-refractivity contribution is 5.68. The summed E-state index contributed by atoms with van der Waals surface area (Å²) in [6.07, 6.45) is 4.27. The summed E-state index contributed by atoms with van der Waals surface area (Å²) in [5.74, 6) is 0.767. The molecule has 1 aromatic carbocycles. The first-order chi connectivity index (χ1) is 11.5. The van der Waals surface area contributed by atoms with E-state index >= 15 is 0 Å². The van der Waals surface area contributed by atoms with Crippen molar-refractivity contribution in [2.24, 2.45) is 7.05 Å². The summed E-state index contributed by atoms with van der Waals surface area (Å²) in [5.41, 5.74) is 2.04. The van der Waals surface area contributed by atoms with Crippen LogP contribution in [0.4, 0.5) is 0 Å². The number of carbonyl (C=O) groups is 1. The van der Waals surface area contributed by atoms with Crippen LogP contribution in [-0.4, -0.2) is 38.7 Å². The van der Waals surface area contributed by atoms with Crippen LogP contribution in [0.3, 0.4) is 0 Å². The molecule has 1 saturated heterocycles. The third kappa shape index (κ3) is 3.59. The molecule has 0 unspecified atom stereocenters. The fourth-order valence-corrected chi connectivity index (χ4v) is 3.39. The molecule has 6 nitrogen and oxygen atoms in total. The first-order valence-electron chi connectivity index (χ1n) is 8.21. The zero-order chi connectivity index (χ0) is 17.1. The zero-order valence-corrected chi connectivity index (χ0v) is 14.1. The lowest BCUT2D eigenvalue weighted by molar-refractivity contribution is -0.139. The van der Waals surface area contributed by atoms with Crippen LogP contribution in [-0.2, 0) is 18.4 Å². The van der Waals surface area contributed by atoms with Gasteiger partial charge in [-0.3, -0.25) is 4.90 Å². The summed E-state index contributed by atoms with van der Waals surface area (Å²) in [5, 5.41) is 8.83. The fraction of sp³-hybridized carbons (Fsp3) is 0.444. The Kier molecular flexibility index (Phi) is 4.85. The van der Waals surface area contributed by atoms with Crippen LogP contribution < -0.4 is 4.74 Å². The van der Waals surface area contributed by atoms with Gasteiger partial charge >= 0.3 is 5.97 Å². The van der Waals surface area contributed by atoms with E-state index < -0.39 is 5.97 Å². The van der Waals surface area contributed by atoms with E-state index in [2.05, 4.69) is 20.6 Å². The molecule has 1 atom stereocenters. The highest BCUT2D eigenvalue weighted by Crippen LogP contribution is 2.33. The van der Waals surface area contributed by atoms with Gasteiger partial charge in [0, 0.05) is 25.4 Å². The maximum Gasteiger partial charge on any atom is 0.341 e. The Morgan fingerprint density at radius 3 is 2.92 bits per heavy atom. The predicted molar refractivity (Wildman–Crippen MR) is 89.9 cm³/mol. The van der Waals surface area contributed by atoms with Crippen molar-refractivity contribution in [2.45, 2.75) is 32.4 Å². The molecule has 0 amide bonds. The second kappa shape index (κ2) is 7.05. The molecule has 6 heteroatoms. The van der Waals surface area contributed by atoms with E-state index in [1.165, 1.54) is 0 Å². The van der Waals surface area contributed by atoms with Crippen LogP contribution >= 0.6 is 0 Å². The standard InChI is InChI=1S/C18H23N3O3/c1-13-10-20(2)18(19-13)15-7-5-9-21(15)11-14-6-3-4-8-16(14)24-12-17(22)23/h3-4,6,8,10,15H,5,7,9,11-12H2,1-2H3,(H,22,23)/t15-/m1/s1. The molecule has 1 N–H and O–H groups in total. The number of para-hydroxylation sites is 1. The lowest BCUT2D eigenvalue weighted by Crippen LogP contribution is -2.25. The number of carboxylic acid groups (broad SMARTS) is 1. The largest absolute Gasteiger partial charge is 0.482 e. The Labute approximate surface area is 141 Å². The lowest BCUT2D eigenvalue weighted by Gasteiger charge is -2.25. The Morgan fingerprint density at radius 1 is 1.42 bits per heavy atom. The van der Waals surface area contributed by atoms with Crippen molar-refractivity contribution in [1.82, 2.24) is 14.5 Å². The molecule has 0 saturated carbocycles. The third-order valence-electron chi connectivity index (χ3n) is 4.39. The SMILES string of the molecule is Cc1cn(C)c([C@H]2CCCN2Cc2ccccc2OCC(=O)O)n1. The van der Waals surface area contributed by atoms with Crippen molar-refractivity contribution in [2.75, 3.05) is 13.2 Å². The van der Waals surface area contributed by atoms with Crippen LogP contribution in [0.2, 0.25) is 0 Å². The highest BCUT2D eigenvalue weighted by Gasteiger charge is 2.29. The number of hydrogen-bond acceptors (Lipinski definition) is 4. The summed E-state index contributed by atoms with van der Waals surface area (Å²) in [6, 6.07) is 7.93. The zero-order valence-electron chi connectivity index (χ0n) is 14.1. The molecule has 0 spiro atoms. The van der Waals surface area contributed by atoms with Gasteiger partial charge in [0.05, 0.1) is 11.7 Å². The van der Waals surface area contributed by atoms with Crippen molar-refractivity contribution in [1.29, 1.82) is 0 Å². The first-order valence-corrected chi connectivity index (χ1v) is 8.21. The molecule has 1 fully saturated rings. The average molecular weight is 329 g/mol. The molecule has 1 aliphatic heterocycles. The number of hydrogen-bond donors (Lipinski definition) is 1. The molecule has 128 valence electrons. The lowest BCUT2D eigenvalue weighted by atomic mass is 10.1. The minimum Gasteiger partial charge on any atom is -0.482 e. The van der Waals surface area contributed by atoms with Crippen LogP contribution in [0.25, 0.3) is 0 Å². The highest BCUT2D eigenvalue weighted by atomic mass is 16.5. The summed E-state index contributed by atoms with van der Waals surface area (Å²) in [7, 11) is 2.04. The summed E-state index contributed by atoms with van der Waals surface area (Å²) < 4.78 is 7.53. The van der Waals surface area contributed by atoms with Crippen molar-refractivity contribution >= 4 is 5.97 Å². The fourth-order valence-electron chi connectivity index (χ4n) is 3.39. The van der Waals surface area contributed by atoms with Gasteiger partial charge in [0.2, 0.25) is 0 Å². The minimum absolute atomic E-state index is 0.288. The number of ether oxygens (including phenoxy) is 1. The van der Waals surface area contributed by atoms with E-state index in [-0.39, 0.29) is 12.6 Å². The Balaban J connectivity index is 1.78. The molecule has 0 radical (unpaired) electrons. The normalized spacial score (nSPS) is 18.0. The number of benzene rings is 1. The van der Waals surface area contributed by atoms with Gasteiger partial charge in [0.1, 0.15) is 11.6 Å². The minimum atomic E-state index is -0.965. The van der Waals surface area contributed by atoms with Crippen molar-refractivity contribution in [3.05, 3.63) is 47.5 Å². The van der Waals surface area contributed by atoms with Crippen LogP contribution in [0, 0.1) is 6.92 Å². The number of carboxylic acids is 1. The molecule has 1 aliphatic rings.